The maximum Gasteiger partial charge on any atom is 0.362 e. The summed E-state index contributed by atoms with van der Waals surface area (Å²) in [5.74, 6) is -1.49. The number of carbonyl (C=O) groups is 3. The second kappa shape index (κ2) is 44.4. The standard InChI is InChI=1S/C54H93NO7/c1-6-8-10-12-14-16-18-20-22-24-25-26-27-29-31-33-35-37-39-41-43-45-53(57)62-50(48-60-47-46-51(54(58)59)55(3,4)5)49-61-52(56)44-42-40-38-36-34-32-30-28-23-21-19-17-15-13-11-9-7-2/h8,10,14-17,20-23,25-26,50-51H,6-7,9,11-13,18-19,24,27-49H2,1-5H3/p+1/b10-8-,16-14-,17-15-,22-20-,23-21-,26-25-. The molecular formula is C54H94NO7+. The van der Waals surface area contributed by atoms with Crippen molar-refractivity contribution >= 4 is 17.9 Å². The number of esters is 2. The number of carbonyl (C=O) groups excluding carboxylic acids is 2. The SMILES string of the molecule is CC/C=C\C/C=C\C/C=C\C/C=C\CCCCCCCCCCC(=O)OC(COCCC(C(=O)O)[N+](C)(C)C)COC(=O)CCCCCCCCC/C=C\C/C=C\CCCCC. The number of nitrogens with zero attached hydrogens (tertiary/aromatic N) is 1. The Morgan fingerprint density at radius 1 is 0.500 bits per heavy atom. The van der Waals surface area contributed by atoms with Crippen molar-refractivity contribution < 1.29 is 38.2 Å². The summed E-state index contributed by atoms with van der Waals surface area (Å²) in [7, 11) is 5.52. The van der Waals surface area contributed by atoms with E-state index < -0.39 is 18.1 Å². The lowest BCUT2D eigenvalue weighted by Gasteiger charge is -2.31. The average molecular weight is 869 g/mol. The van der Waals surface area contributed by atoms with Gasteiger partial charge in [0.05, 0.1) is 34.4 Å². The third-order valence-corrected chi connectivity index (χ3v) is 10.8. The Bertz CT molecular complexity index is 1240. The maximum atomic E-state index is 12.8. The van der Waals surface area contributed by atoms with Crippen LogP contribution in [0.3, 0.4) is 0 Å². The predicted molar refractivity (Wildman–Crippen MR) is 261 cm³/mol. The molecule has 0 aromatic carbocycles. The number of carboxylic acid groups (broad SMARTS) is 1. The summed E-state index contributed by atoms with van der Waals surface area (Å²) in [4.78, 5) is 37.1. The van der Waals surface area contributed by atoms with Crippen molar-refractivity contribution in [3.05, 3.63) is 72.9 Å². The summed E-state index contributed by atoms with van der Waals surface area (Å²) in [5.41, 5.74) is 0. The molecule has 0 aliphatic heterocycles. The van der Waals surface area contributed by atoms with Crippen molar-refractivity contribution in [3.63, 3.8) is 0 Å². The largest absolute Gasteiger partial charge is 0.477 e. The van der Waals surface area contributed by atoms with E-state index in [0.717, 1.165) is 83.5 Å². The van der Waals surface area contributed by atoms with Crippen LogP contribution in [-0.4, -0.2) is 80.6 Å². The lowest BCUT2D eigenvalue weighted by atomic mass is 10.1. The number of hydrogen-bond donors (Lipinski definition) is 1. The van der Waals surface area contributed by atoms with Gasteiger partial charge in [-0.1, -0.05) is 170 Å². The molecule has 0 aliphatic carbocycles. The number of carboxylic acids is 1. The van der Waals surface area contributed by atoms with E-state index in [9.17, 15) is 19.5 Å². The molecule has 0 aliphatic rings. The van der Waals surface area contributed by atoms with Crippen LogP contribution in [0.4, 0.5) is 0 Å². The first-order chi connectivity index (χ1) is 30.1. The van der Waals surface area contributed by atoms with Gasteiger partial charge in [0.25, 0.3) is 0 Å². The van der Waals surface area contributed by atoms with Crippen LogP contribution in [-0.2, 0) is 28.6 Å². The van der Waals surface area contributed by atoms with E-state index in [-0.39, 0.29) is 36.2 Å². The minimum Gasteiger partial charge on any atom is -0.477 e. The third-order valence-electron chi connectivity index (χ3n) is 10.8. The zero-order valence-corrected chi connectivity index (χ0v) is 40.6. The Balaban J connectivity index is 4.30. The summed E-state index contributed by atoms with van der Waals surface area (Å²) in [6.45, 7) is 4.59. The number of aliphatic carboxylic acids is 1. The fraction of sp³-hybridized carbons (Fsp3) is 0.722. The summed E-state index contributed by atoms with van der Waals surface area (Å²) < 4.78 is 17.3. The van der Waals surface area contributed by atoms with Crippen LogP contribution < -0.4 is 0 Å². The number of ether oxygens (including phenoxy) is 3. The summed E-state index contributed by atoms with van der Waals surface area (Å²) >= 11 is 0. The molecule has 0 aromatic heterocycles. The van der Waals surface area contributed by atoms with Gasteiger partial charge < -0.3 is 23.8 Å². The highest BCUT2D eigenvalue weighted by Gasteiger charge is 2.31. The van der Waals surface area contributed by atoms with Gasteiger partial charge in [0.1, 0.15) is 6.61 Å². The maximum absolute atomic E-state index is 12.8. The van der Waals surface area contributed by atoms with Crippen molar-refractivity contribution in [1.82, 2.24) is 0 Å². The normalized spacial score (nSPS) is 13.5. The summed E-state index contributed by atoms with van der Waals surface area (Å²) in [6, 6.07) is -0.621. The molecule has 0 spiro atoms. The highest BCUT2D eigenvalue weighted by molar-refractivity contribution is 5.72. The van der Waals surface area contributed by atoms with Crippen LogP contribution in [0, 0.1) is 0 Å². The molecule has 2 atom stereocenters. The van der Waals surface area contributed by atoms with E-state index in [0.29, 0.717) is 19.3 Å². The molecule has 0 fully saturated rings. The third kappa shape index (κ3) is 42.1. The molecule has 0 heterocycles. The minimum absolute atomic E-state index is 0.0523. The van der Waals surface area contributed by atoms with Gasteiger partial charge in [0.2, 0.25) is 0 Å². The van der Waals surface area contributed by atoms with Gasteiger partial charge in [0.15, 0.2) is 12.1 Å². The predicted octanol–water partition coefficient (Wildman–Crippen LogP) is 14.3. The first kappa shape index (κ1) is 58.8. The lowest BCUT2D eigenvalue weighted by Crippen LogP contribution is -2.50. The van der Waals surface area contributed by atoms with Gasteiger partial charge in [-0.3, -0.25) is 9.59 Å². The molecule has 8 nitrogen and oxygen atoms in total. The van der Waals surface area contributed by atoms with Gasteiger partial charge in [0, 0.05) is 19.3 Å². The fourth-order valence-corrected chi connectivity index (χ4v) is 6.99. The van der Waals surface area contributed by atoms with Crippen LogP contribution in [0.25, 0.3) is 0 Å². The quantitative estimate of drug-likeness (QED) is 0.0282. The van der Waals surface area contributed by atoms with Crippen LogP contribution in [0.2, 0.25) is 0 Å². The van der Waals surface area contributed by atoms with Gasteiger partial charge in [-0.05, 0) is 83.5 Å². The van der Waals surface area contributed by atoms with E-state index in [1.54, 1.807) is 0 Å². The smallest absolute Gasteiger partial charge is 0.362 e. The van der Waals surface area contributed by atoms with Crippen LogP contribution >= 0.6 is 0 Å². The molecule has 0 amide bonds. The Labute approximate surface area is 381 Å². The number of hydrogen-bond acceptors (Lipinski definition) is 6. The minimum atomic E-state index is -0.879. The Morgan fingerprint density at radius 3 is 1.34 bits per heavy atom. The van der Waals surface area contributed by atoms with E-state index in [2.05, 4.69) is 86.8 Å². The van der Waals surface area contributed by atoms with Crippen LogP contribution in [0.1, 0.15) is 200 Å². The zero-order chi connectivity index (χ0) is 45.6. The van der Waals surface area contributed by atoms with Gasteiger partial charge in [-0.2, -0.15) is 0 Å². The molecule has 1 N–H and O–H groups in total. The van der Waals surface area contributed by atoms with Crippen LogP contribution in [0.5, 0.6) is 0 Å². The highest BCUT2D eigenvalue weighted by atomic mass is 16.6. The number of rotatable bonds is 44. The molecule has 356 valence electrons. The zero-order valence-electron chi connectivity index (χ0n) is 40.6. The molecular weight excluding hydrogens is 775 g/mol. The summed E-state index contributed by atoms with van der Waals surface area (Å²) in [6.07, 6.45) is 56.5. The van der Waals surface area contributed by atoms with Crippen molar-refractivity contribution in [1.29, 1.82) is 0 Å². The van der Waals surface area contributed by atoms with E-state index in [1.807, 2.05) is 21.1 Å². The molecule has 2 unspecified atom stereocenters. The van der Waals surface area contributed by atoms with Crippen molar-refractivity contribution in [2.45, 2.75) is 212 Å². The highest BCUT2D eigenvalue weighted by Crippen LogP contribution is 2.14. The Hall–Kier alpha value is -3.23. The molecule has 62 heavy (non-hydrogen) atoms. The van der Waals surface area contributed by atoms with Crippen LogP contribution in [0.15, 0.2) is 72.9 Å². The van der Waals surface area contributed by atoms with Gasteiger partial charge in [-0.15, -0.1) is 0 Å². The van der Waals surface area contributed by atoms with Crippen molar-refractivity contribution in [2.24, 2.45) is 0 Å². The van der Waals surface area contributed by atoms with Crippen molar-refractivity contribution in [2.75, 3.05) is 41.0 Å². The molecule has 0 saturated heterocycles. The average Bonchev–Trinajstić information content (AvgIpc) is 3.23. The molecule has 0 bridgehead atoms. The first-order valence-electron chi connectivity index (χ1n) is 25.0. The van der Waals surface area contributed by atoms with Gasteiger partial charge >= 0.3 is 17.9 Å². The molecule has 0 aromatic rings. The molecule has 0 saturated carbocycles. The lowest BCUT2D eigenvalue weighted by molar-refractivity contribution is -0.887. The topological polar surface area (TPSA) is 99.1 Å². The Kier molecular flexibility index (Phi) is 42.1. The Morgan fingerprint density at radius 2 is 0.903 bits per heavy atom. The number of likely N-dealkylation sites (N-methyl/N-ethyl adjacent to an activating group) is 1. The molecule has 8 heteroatoms. The summed E-state index contributed by atoms with van der Waals surface area (Å²) in [5, 5.41) is 9.65. The second-order valence-corrected chi connectivity index (χ2v) is 17.7. The first-order valence-corrected chi connectivity index (χ1v) is 25.0. The second-order valence-electron chi connectivity index (χ2n) is 17.7. The van der Waals surface area contributed by atoms with E-state index in [4.69, 9.17) is 14.2 Å². The number of quaternary nitrogens is 1. The van der Waals surface area contributed by atoms with Crippen molar-refractivity contribution in [3.8, 4) is 0 Å². The number of unbranched alkanes of at least 4 members (excludes halogenated alkanes) is 18. The molecule has 0 rings (SSSR count). The fourth-order valence-electron chi connectivity index (χ4n) is 6.99. The molecule has 0 radical (unpaired) electrons. The van der Waals surface area contributed by atoms with Gasteiger partial charge in [-0.25, -0.2) is 4.79 Å². The van der Waals surface area contributed by atoms with E-state index in [1.165, 1.54) is 83.5 Å². The number of allylic oxidation sites excluding steroid dienone is 12. The van der Waals surface area contributed by atoms with E-state index >= 15 is 0 Å². The monoisotopic (exact) mass is 869 g/mol.